The maximum atomic E-state index is 13.2. The van der Waals surface area contributed by atoms with Crippen LogP contribution in [0.5, 0.6) is 0 Å². The molecule has 0 spiro atoms. The molecule has 1 N–H and O–H groups in total. The summed E-state index contributed by atoms with van der Waals surface area (Å²) < 4.78 is 25.5. The molecule has 2 heterocycles. The van der Waals surface area contributed by atoms with Crippen LogP contribution in [-0.4, -0.2) is 60.4 Å². The van der Waals surface area contributed by atoms with Crippen molar-refractivity contribution < 1.29 is 18.0 Å². The van der Waals surface area contributed by atoms with Crippen molar-refractivity contribution in [3.63, 3.8) is 0 Å². The van der Waals surface area contributed by atoms with E-state index in [4.69, 9.17) is 0 Å². The SMILES string of the molecule is CC(C)NCc1ccc(C(=O)N2CC[C@H]3[C@H]2[C@@H](C(C)C)C(=O)N3S(C)(=O)=O)cc1. The van der Waals surface area contributed by atoms with Crippen LogP contribution in [0.4, 0.5) is 0 Å². The average Bonchev–Trinajstić information content (AvgIpc) is 3.15. The van der Waals surface area contributed by atoms with Crippen molar-refractivity contribution >= 4 is 21.8 Å². The second-order valence-corrected chi connectivity index (χ2v) is 10.6. The van der Waals surface area contributed by atoms with E-state index in [1.165, 1.54) is 0 Å². The Morgan fingerprint density at radius 3 is 2.31 bits per heavy atom. The molecule has 2 aliphatic heterocycles. The maximum Gasteiger partial charge on any atom is 0.254 e. The number of nitrogens with one attached hydrogen (secondary N) is 1. The fourth-order valence-corrected chi connectivity index (χ4v) is 5.69. The maximum absolute atomic E-state index is 13.2. The Morgan fingerprint density at radius 1 is 1.17 bits per heavy atom. The summed E-state index contributed by atoms with van der Waals surface area (Å²) in [6.45, 7) is 9.15. The van der Waals surface area contributed by atoms with Crippen LogP contribution in [0.25, 0.3) is 0 Å². The van der Waals surface area contributed by atoms with E-state index in [1.807, 2.05) is 38.1 Å². The molecule has 0 radical (unpaired) electrons. The number of likely N-dealkylation sites (tertiary alicyclic amines) is 1. The lowest BCUT2D eigenvalue weighted by Crippen LogP contribution is -2.44. The van der Waals surface area contributed by atoms with Crippen molar-refractivity contribution in [1.82, 2.24) is 14.5 Å². The monoisotopic (exact) mass is 421 g/mol. The molecule has 2 aliphatic rings. The van der Waals surface area contributed by atoms with E-state index >= 15 is 0 Å². The molecule has 2 fully saturated rings. The fourth-order valence-electron chi connectivity index (χ4n) is 4.52. The van der Waals surface area contributed by atoms with Gasteiger partial charge in [0.25, 0.3) is 5.91 Å². The Kier molecular flexibility index (Phi) is 6.06. The van der Waals surface area contributed by atoms with Crippen molar-refractivity contribution in [3.8, 4) is 0 Å². The Balaban J connectivity index is 1.84. The molecule has 29 heavy (non-hydrogen) atoms. The van der Waals surface area contributed by atoms with Gasteiger partial charge in [-0.05, 0) is 30.0 Å². The largest absolute Gasteiger partial charge is 0.333 e. The lowest BCUT2D eigenvalue weighted by molar-refractivity contribution is -0.129. The van der Waals surface area contributed by atoms with E-state index in [9.17, 15) is 18.0 Å². The minimum Gasteiger partial charge on any atom is -0.333 e. The zero-order chi connectivity index (χ0) is 21.5. The van der Waals surface area contributed by atoms with Crippen molar-refractivity contribution in [2.75, 3.05) is 12.8 Å². The Hall–Kier alpha value is -1.93. The topological polar surface area (TPSA) is 86.8 Å². The van der Waals surface area contributed by atoms with Gasteiger partial charge < -0.3 is 10.2 Å². The molecule has 160 valence electrons. The normalized spacial score (nSPS) is 24.7. The van der Waals surface area contributed by atoms with Gasteiger partial charge in [0.2, 0.25) is 15.9 Å². The number of fused-ring (bicyclic) bond motifs is 1. The van der Waals surface area contributed by atoms with Crippen LogP contribution >= 0.6 is 0 Å². The van der Waals surface area contributed by atoms with Crippen LogP contribution in [0.1, 0.15) is 50.0 Å². The zero-order valence-corrected chi connectivity index (χ0v) is 18.6. The summed E-state index contributed by atoms with van der Waals surface area (Å²) in [6.07, 6.45) is 1.55. The smallest absolute Gasteiger partial charge is 0.254 e. The molecule has 2 amide bonds. The number of hydrogen-bond acceptors (Lipinski definition) is 5. The molecule has 3 atom stereocenters. The third-order valence-corrected chi connectivity index (χ3v) is 7.01. The fraction of sp³-hybridized carbons (Fsp3) is 0.619. The summed E-state index contributed by atoms with van der Waals surface area (Å²) in [7, 11) is -3.67. The number of sulfonamides is 1. The molecular formula is C21H31N3O4S. The van der Waals surface area contributed by atoms with Gasteiger partial charge in [0, 0.05) is 24.7 Å². The van der Waals surface area contributed by atoms with Gasteiger partial charge in [-0.1, -0.05) is 39.8 Å². The zero-order valence-electron chi connectivity index (χ0n) is 17.8. The molecule has 2 saturated heterocycles. The number of carbonyl (C=O) groups is 2. The van der Waals surface area contributed by atoms with E-state index in [1.54, 1.807) is 4.90 Å². The van der Waals surface area contributed by atoms with E-state index < -0.39 is 28.0 Å². The standard InChI is InChI=1S/C21H31N3O4S/c1-13(2)18-19-17(24(21(18)26)29(5,27)28)10-11-23(19)20(25)16-8-6-15(7-9-16)12-22-14(3)4/h6-9,13-14,17-19,22H,10-12H2,1-5H3/t17-,18+,19-/m0/s1. The van der Waals surface area contributed by atoms with E-state index in [0.29, 0.717) is 24.6 Å². The van der Waals surface area contributed by atoms with Crippen LogP contribution in [0.2, 0.25) is 0 Å². The second-order valence-electron chi connectivity index (χ2n) is 8.74. The molecule has 0 saturated carbocycles. The predicted octanol–water partition coefficient (Wildman–Crippen LogP) is 1.84. The number of nitrogens with zero attached hydrogens (tertiary/aromatic N) is 2. The molecule has 7 nitrogen and oxygen atoms in total. The first-order chi connectivity index (χ1) is 13.5. The molecule has 0 aliphatic carbocycles. The van der Waals surface area contributed by atoms with E-state index in [0.717, 1.165) is 22.7 Å². The lowest BCUT2D eigenvalue weighted by Gasteiger charge is -2.29. The molecule has 0 aromatic heterocycles. The van der Waals surface area contributed by atoms with Gasteiger partial charge in [-0.3, -0.25) is 9.59 Å². The van der Waals surface area contributed by atoms with Crippen molar-refractivity contribution in [3.05, 3.63) is 35.4 Å². The Morgan fingerprint density at radius 2 is 1.79 bits per heavy atom. The van der Waals surface area contributed by atoms with Gasteiger partial charge in [-0.15, -0.1) is 0 Å². The average molecular weight is 422 g/mol. The summed E-state index contributed by atoms with van der Waals surface area (Å²) in [5.41, 5.74) is 1.65. The number of carbonyl (C=O) groups excluding carboxylic acids is 2. The molecule has 1 aromatic carbocycles. The predicted molar refractivity (Wildman–Crippen MR) is 112 cm³/mol. The highest BCUT2D eigenvalue weighted by atomic mass is 32.2. The van der Waals surface area contributed by atoms with Crippen LogP contribution in [0, 0.1) is 11.8 Å². The summed E-state index contributed by atoms with van der Waals surface area (Å²) in [5.74, 6) is -1.09. The number of hydrogen-bond donors (Lipinski definition) is 1. The molecule has 1 aromatic rings. The highest BCUT2D eigenvalue weighted by molar-refractivity contribution is 7.88. The minimum absolute atomic E-state index is 0.0559. The van der Waals surface area contributed by atoms with Crippen LogP contribution < -0.4 is 5.32 Å². The van der Waals surface area contributed by atoms with Gasteiger partial charge in [0.1, 0.15) is 0 Å². The van der Waals surface area contributed by atoms with Crippen LogP contribution in [-0.2, 0) is 21.4 Å². The second kappa shape index (κ2) is 8.07. The highest BCUT2D eigenvalue weighted by Gasteiger charge is 2.58. The first kappa shape index (κ1) is 21.8. The molecule has 8 heteroatoms. The third kappa shape index (κ3) is 4.19. The van der Waals surface area contributed by atoms with Gasteiger partial charge in [0.05, 0.1) is 24.3 Å². The Bertz CT molecular complexity index is 880. The summed E-state index contributed by atoms with van der Waals surface area (Å²) in [6, 6.07) is 6.97. The summed E-state index contributed by atoms with van der Waals surface area (Å²) in [4.78, 5) is 27.8. The highest BCUT2D eigenvalue weighted by Crippen LogP contribution is 2.41. The summed E-state index contributed by atoms with van der Waals surface area (Å²) >= 11 is 0. The van der Waals surface area contributed by atoms with Crippen molar-refractivity contribution in [2.24, 2.45) is 11.8 Å². The number of rotatable bonds is 6. The van der Waals surface area contributed by atoms with E-state index in [2.05, 4.69) is 19.2 Å². The van der Waals surface area contributed by atoms with Crippen LogP contribution in [0.15, 0.2) is 24.3 Å². The number of benzene rings is 1. The van der Waals surface area contributed by atoms with Crippen molar-refractivity contribution in [2.45, 2.75) is 58.8 Å². The quantitative estimate of drug-likeness (QED) is 0.757. The van der Waals surface area contributed by atoms with Crippen molar-refractivity contribution in [1.29, 1.82) is 0 Å². The van der Waals surface area contributed by atoms with Gasteiger partial charge in [-0.25, -0.2) is 12.7 Å². The van der Waals surface area contributed by atoms with E-state index in [-0.39, 0.29) is 17.7 Å². The van der Waals surface area contributed by atoms with Gasteiger partial charge >= 0.3 is 0 Å². The number of amides is 2. The third-order valence-electron chi connectivity index (χ3n) is 5.84. The minimum atomic E-state index is -3.67. The molecule has 0 unspecified atom stereocenters. The lowest BCUT2D eigenvalue weighted by atomic mass is 9.88. The molecule has 3 rings (SSSR count). The van der Waals surface area contributed by atoms with Gasteiger partial charge in [-0.2, -0.15) is 0 Å². The van der Waals surface area contributed by atoms with Gasteiger partial charge in [0.15, 0.2) is 0 Å². The Labute approximate surface area is 173 Å². The summed E-state index contributed by atoms with van der Waals surface area (Å²) in [5, 5.41) is 3.34. The molecular weight excluding hydrogens is 390 g/mol. The first-order valence-electron chi connectivity index (χ1n) is 10.2. The van der Waals surface area contributed by atoms with Crippen LogP contribution in [0.3, 0.4) is 0 Å². The first-order valence-corrected chi connectivity index (χ1v) is 12.0. The molecule has 0 bridgehead atoms.